The van der Waals surface area contributed by atoms with Gasteiger partial charge in [-0.05, 0) is 43.2 Å². The number of aliphatic hydroxyl groups is 1. The molecule has 0 spiro atoms. The highest BCUT2D eigenvalue weighted by Gasteiger charge is 2.39. The summed E-state index contributed by atoms with van der Waals surface area (Å²) in [5, 5.41) is 19.9. The van der Waals surface area contributed by atoms with Crippen molar-refractivity contribution in [3.63, 3.8) is 0 Å². The van der Waals surface area contributed by atoms with E-state index in [4.69, 9.17) is 26.2 Å². The zero-order valence-electron chi connectivity index (χ0n) is 15.5. The van der Waals surface area contributed by atoms with E-state index in [-0.39, 0.29) is 12.6 Å². The molecule has 8 heteroatoms. The van der Waals surface area contributed by atoms with E-state index in [0.717, 1.165) is 12.0 Å². The zero-order valence-corrected chi connectivity index (χ0v) is 16.3. The van der Waals surface area contributed by atoms with E-state index >= 15 is 0 Å². The van der Waals surface area contributed by atoms with Gasteiger partial charge in [-0.25, -0.2) is 9.78 Å². The number of carboxylic acid groups (broad SMARTS) is 1. The molecule has 0 bridgehead atoms. The average molecular weight is 407 g/mol. The third kappa shape index (κ3) is 5.20. The highest BCUT2D eigenvalue weighted by Crippen LogP contribution is 2.28. The standard InChI is InChI=1S/C20H23ClN2O5/c1-14(11-15-5-7-16(8-6-15)27-12-19(24)25)23-9-10-28-20(26,13-23)17-3-2-4-18(21)22-17/h2-8,14,26H,9-13H2,1H3,(H,24,25). The van der Waals surface area contributed by atoms with E-state index in [0.29, 0.717) is 36.3 Å². The van der Waals surface area contributed by atoms with Crippen molar-refractivity contribution in [3.8, 4) is 5.75 Å². The van der Waals surface area contributed by atoms with Crippen molar-refractivity contribution in [2.75, 3.05) is 26.3 Å². The van der Waals surface area contributed by atoms with Crippen LogP contribution in [0.3, 0.4) is 0 Å². The number of nitrogens with zero attached hydrogens (tertiary/aromatic N) is 2. The zero-order chi connectivity index (χ0) is 20.1. The Bertz CT molecular complexity index is 816. The molecule has 2 N–H and O–H groups in total. The van der Waals surface area contributed by atoms with Gasteiger partial charge in [0, 0.05) is 12.6 Å². The quantitative estimate of drug-likeness (QED) is 0.681. The Kier molecular flexibility index (Phi) is 6.51. The molecule has 0 saturated carbocycles. The molecule has 3 rings (SSSR count). The van der Waals surface area contributed by atoms with Crippen LogP contribution in [0.4, 0.5) is 0 Å². The van der Waals surface area contributed by atoms with Crippen molar-refractivity contribution in [2.45, 2.75) is 25.2 Å². The number of rotatable bonds is 7. The molecule has 0 radical (unpaired) electrons. The second-order valence-corrected chi connectivity index (χ2v) is 7.22. The number of aliphatic carboxylic acids is 1. The number of hydrogen-bond acceptors (Lipinski definition) is 6. The van der Waals surface area contributed by atoms with Crippen molar-refractivity contribution < 1.29 is 24.5 Å². The van der Waals surface area contributed by atoms with Gasteiger partial charge >= 0.3 is 5.97 Å². The van der Waals surface area contributed by atoms with Crippen molar-refractivity contribution in [1.82, 2.24) is 9.88 Å². The number of benzene rings is 1. The maximum absolute atomic E-state index is 10.9. The summed E-state index contributed by atoms with van der Waals surface area (Å²) >= 11 is 5.95. The first-order valence-electron chi connectivity index (χ1n) is 9.03. The first-order valence-corrected chi connectivity index (χ1v) is 9.40. The van der Waals surface area contributed by atoms with Crippen LogP contribution in [0, 0.1) is 0 Å². The summed E-state index contributed by atoms with van der Waals surface area (Å²) in [7, 11) is 0. The Labute approximate surface area is 168 Å². The lowest BCUT2D eigenvalue weighted by molar-refractivity contribution is -0.254. The molecule has 1 aliphatic heterocycles. The summed E-state index contributed by atoms with van der Waals surface area (Å²) in [5.74, 6) is -1.98. The Balaban J connectivity index is 1.62. The van der Waals surface area contributed by atoms with Crippen LogP contribution in [0.1, 0.15) is 18.2 Å². The number of carboxylic acids is 1. The maximum atomic E-state index is 10.9. The maximum Gasteiger partial charge on any atom is 0.341 e. The van der Waals surface area contributed by atoms with Crippen molar-refractivity contribution in [2.24, 2.45) is 0 Å². The van der Waals surface area contributed by atoms with E-state index in [1.54, 1.807) is 30.3 Å². The molecular formula is C20H23ClN2O5. The predicted octanol–water partition coefficient (Wildman–Crippen LogP) is 2.31. The minimum atomic E-state index is -1.49. The molecular weight excluding hydrogens is 384 g/mol. The van der Waals surface area contributed by atoms with E-state index in [1.165, 1.54) is 0 Å². The van der Waals surface area contributed by atoms with E-state index in [2.05, 4.69) is 16.8 Å². The van der Waals surface area contributed by atoms with Gasteiger partial charge in [0.15, 0.2) is 6.61 Å². The molecule has 28 heavy (non-hydrogen) atoms. The van der Waals surface area contributed by atoms with Crippen LogP contribution < -0.4 is 4.74 Å². The molecule has 1 saturated heterocycles. The topological polar surface area (TPSA) is 92.1 Å². The molecule has 1 aromatic carbocycles. The third-order valence-corrected chi connectivity index (χ3v) is 4.90. The largest absolute Gasteiger partial charge is 0.482 e. The molecule has 150 valence electrons. The predicted molar refractivity (Wildman–Crippen MR) is 103 cm³/mol. The molecule has 7 nitrogen and oxygen atoms in total. The van der Waals surface area contributed by atoms with Crippen molar-refractivity contribution in [3.05, 3.63) is 58.9 Å². The molecule has 0 aliphatic carbocycles. The lowest BCUT2D eigenvalue weighted by atomic mass is 10.0. The number of aromatic nitrogens is 1. The van der Waals surface area contributed by atoms with Crippen LogP contribution in [-0.2, 0) is 21.7 Å². The van der Waals surface area contributed by atoms with Crippen LogP contribution >= 0.6 is 11.6 Å². The average Bonchev–Trinajstić information content (AvgIpc) is 2.67. The van der Waals surface area contributed by atoms with Crippen LogP contribution in [0.2, 0.25) is 5.15 Å². The van der Waals surface area contributed by atoms with Crippen LogP contribution in [0.25, 0.3) is 0 Å². The van der Waals surface area contributed by atoms with Gasteiger partial charge in [0.05, 0.1) is 13.2 Å². The van der Waals surface area contributed by atoms with Crippen molar-refractivity contribution in [1.29, 1.82) is 0 Å². The minimum absolute atomic E-state index is 0.153. The summed E-state index contributed by atoms with van der Waals surface area (Å²) in [4.78, 5) is 16.9. The SMILES string of the molecule is CC(Cc1ccc(OCC(=O)O)cc1)N1CCOC(O)(c2cccc(Cl)n2)C1. The summed E-state index contributed by atoms with van der Waals surface area (Å²) in [6.45, 7) is 3.10. The molecule has 1 aliphatic rings. The molecule has 0 amide bonds. The Morgan fingerprint density at radius 3 is 2.79 bits per heavy atom. The molecule has 2 heterocycles. The van der Waals surface area contributed by atoms with Gasteiger partial charge in [0.1, 0.15) is 16.6 Å². The van der Waals surface area contributed by atoms with E-state index in [9.17, 15) is 9.90 Å². The number of ether oxygens (including phenoxy) is 2. The van der Waals surface area contributed by atoms with Gasteiger partial charge in [-0.15, -0.1) is 0 Å². The smallest absolute Gasteiger partial charge is 0.341 e. The van der Waals surface area contributed by atoms with E-state index < -0.39 is 11.8 Å². The fourth-order valence-corrected chi connectivity index (χ4v) is 3.39. The monoisotopic (exact) mass is 406 g/mol. The number of carbonyl (C=O) groups is 1. The summed E-state index contributed by atoms with van der Waals surface area (Å²) < 4.78 is 10.8. The van der Waals surface area contributed by atoms with Crippen LogP contribution in [0.5, 0.6) is 5.75 Å². The van der Waals surface area contributed by atoms with E-state index in [1.807, 2.05) is 12.1 Å². The highest BCUT2D eigenvalue weighted by atomic mass is 35.5. The lowest BCUT2D eigenvalue weighted by Gasteiger charge is -2.41. The third-order valence-electron chi connectivity index (χ3n) is 4.69. The summed E-state index contributed by atoms with van der Waals surface area (Å²) in [6, 6.07) is 12.6. The molecule has 2 aromatic rings. The van der Waals surface area contributed by atoms with Gasteiger partial charge in [-0.2, -0.15) is 0 Å². The molecule has 1 aromatic heterocycles. The number of pyridine rings is 1. The number of halogens is 1. The first kappa shape index (κ1) is 20.5. The normalized spacial score (nSPS) is 21.2. The lowest BCUT2D eigenvalue weighted by Crippen LogP contribution is -2.53. The molecule has 2 atom stereocenters. The van der Waals surface area contributed by atoms with Gasteiger partial charge in [0.2, 0.25) is 5.79 Å². The number of morpholine rings is 1. The van der Waals surface area contributed by atoms with Crippen molar-refractivity contribution >= 4 is 17.6 Å². The van der Waals surface area contributed by atoms with Gasteiger partial charge in [-0.1, -0.05) is 29.8 Å². The van der Waals surface area contributed by atoms with Crippen LogP contribution in [-0.4, -0.2) is 58.4 Å². The molecule has 2 unspecified atom stereocenters. The Morgan fingerprint density at radius 2 is 2.11 bits per heavy atom. The number of β-amino-alcohol motifs (C(OH)–C–C–N with tert-alkyl or cyclic N) is 1. The van der Waals surface area contributed by atoms with Crippen LogP contribution in [0.15, 0.2) is 42.5 Å². The summed E-state index contributed by atoms with van der Waals surface area (Å²) in [6.07, 6.45) is 0.762. The first-order chi connectivity index (χ1) is 13.4. The second kappa shape index (κ2) is 8.87. The van der Waals surface area contributed by atoms with Gasteiger partial charge in [0.25, 0.3) is 0 Å². The summed E-state index contributed by atoms with van der Waals surface area (Å²) in [5.41, 5.74) is 1.49. The second-order valence-electron chi connectivity index (χ2n) is 6.83. The Hall–Kier alpha value is -2.19. The number of hydrogen-bond donors (Lipinski definition) is 2. The Morgan fingerprint density at radius 1 is 1.36 bits per heavy atom. The molecule has 1 fully saturated rings. The highest BCUT2D eigenvalue weighted by molar-refractivity contribution is 6.29. The minimum Gasteiger partial charge on any atom is -0.482 e. The fourth-order valence-electron chi connectivity index (χ4n) is 3.23. The fraction of sp³-hybridized carbons (Fsp3) is 0.400. The van der Waals surface area contributed by atoms with Gasteiger partial charge < -0.3 is 19.7 Å². The van der Waals surface area contributed by atoms with Gasteiger partial charge in [-0.3, -0.25) is 4.90 Å².